The van der Waals surface area contributed by atoms with E-state index in [0.717, 1.165) is 32.6 Å². The van der Waals surface area contributed by atoms with Gasteiger partial charge in [-0.1, -0.05) is 13.8 Å². The molecule has 1 N–H and O–H groups in total. The van der Waals surface area contributed by atoms with Gasteiger partial charge in [0.05, 0.1) is 6.04 Å². The van der Waals surface area contributed by atoms with Crippen molar-refractivity contribution in [3.8, 4) is 0 Å². The van der Waals surface area contributed by atoms with E-state index in [1.165, 1.54) is 5.56 Å². The lowest BCUT2D eigenvalue weighted by Crippen LogP contribution is -2.34. The van der Waals surface area contributed by atoms with Crippen molar-refractivity contribution in [3.63, 3.8) is 0 Å². The largest absolute Gasteiger partial charge is 0.321 e. The highest BCUT2D eigenvalue weighted by atomic mass is 32.1. The van der Waals surface area contributed by atoms with Crippen molar-refractivity contribution in [2.24, 2.45) is 0 Å². The van der Waals surface area contributed by atoms with Crippen LogP contribution in [0, 0.1) is 0 Å². The Bertz CT molecular complexity index is 417. The van der Waals surface area contributed by atoms with Crippen LogP contribution in [-0.4, -0.2) is 47.9 Å². The summed E-state index contributed by atoms with van der Waals surface area (Å²) in [6.45, 7) is 10.4. The fourth-order valence-corrected chi connectivity index (χ4v) is 3.40. The van der Waals surface area contributed by atoms with E-state index in [1.54, 1.807) is 11.3 Å². The van der Waals surface area contributed by atoms with Gasteiger partial charge in [-0.2, -0.15) is 11.3 Å². The van der Waals surface area contributed by atoms with Crippen molar-refractivity contribution in [2.75, 3.05) is 26.2 Å². The fourth-order valence-electron chi connectivity index (χ4n) is 2.72. The Hall–Kier alpha value is -0.910. The maximum Gasteiger partial charge on any atom is 0.241 e. The fraction of sp³-hybridized carbons (Fsp3) is 0.667. The third kappa shape index (κ3) is 3.40. The summed E-state index contributed by atoms with van der Waals surface area (Å²) < 4.78 is 0. The van der Waals surface area contributed by atoms with Gasteiger partial charge in [0.1, 0.15) is 6.17 Å². The lowest BCUT2D eigenvalue weighted by molar-refractivity contribution is -0.129. The number of thiophene rings is 1. The molecule has 0 bridgehead atoms. The van der Waals surface area contributed by atoms with Crippen LogP contribution in [0.25, 0.3) is 0 Å². The van der Waals surface area contributed by atoms with Gasteiger partial charge in [0.15, 0.2) is 0 Å². The van der Waals surface area contributed by atoms with Crippen LogP contribution < -0.4 is 5.32 Å². The van der Waals surface area contributed by atoms with Crippen molar-refractivity contribution in [2.45, 2.75) is 39.4 Å². The molecule has 1 aromatic rings. The summed E-state index contributed by atoms with van der Waals surface area (Å²) in [5.41, 5.74) is 1.20. The number of amides is 1. The average Bonchev–Trinajstić information content (AvgIpc) is 3.06. The van der Waals surface area contributed by atoms with E-state index in [0.29, 0.717) is 0 Å². The lowest BCUT2D eigenvalue weighted by Gasteiger charge is -2.25. The normalized spacial score (nSPS) is 23.0. The molecule has 2 unspecified atom stereocenters. The van der Waals surface area contributed by atoms with Crippen molar-refractivity contribution >= 4 is 17.2 Å². The topological polar surface area (TPSA) is 35.6 Å². The van der Waals surface area contributed by atoms with E-state index in [9.17, 15) is 4.79 Å². The Morgan fingerprint density at radius 2 is 2.15 bits per heavy atom. The molecule has 2 heterocycles. The van der Waals surface area contributed by atoms with E-state index in [1.807, 2.05) is 11.8 Å². The van der Waals surface area contributed by atoms with E-state index >= 15 is 0 Å². The van der Waals surface area contributed by atoms with Gasteiger partial charge in [-0.25, -0.2) is 0 Å². The first kappa shape index (κ1) is 15.5. The number of nitrogens with one attached hydrogen (secondary N) is 1. The minimum Gasteiger partial charge on any atom is -0.321 e. The van der Waals surface area contributed by atoms with Gasteiger partial charge in [0.2, 0.25) is 5.91 Å². The second-order valence-corrected chi connectivity index (χ2v) is 6.04. The molecule has 0 saturated carbocycles. The molecule has 1 fully saturated rings. The Labute approximate surface area is 125 Å². The maximum atomic E-state index is 12.3. The molecular weight excluding hydrogens is 270 g/mol. The number of rotatable bonds is 7. The zero-order chi connectivity index (χ0) is 14.5. The number of hydrogen-bond donors (Lipinski definition) is 1. The standard InChI is InChI=1S/C15H25N3OS/c1-4-17(5-2)8-6-9-18-14(13-7-10-20-11-13)16-12(3)15(18)19/h7,10-12,14,16H,4-6,8-9H2,1-3H3. The van der Waals surface area contributed by atoms with Crippen LogP contribution in [0.4, 0.5) is 0 Å². The van der Waals surface area contributed by atoms with Crippen molar-refractivity contribution in [3.05, 3.63) is 22.4 Å². The van der Waals surface area contributed by atoms with Gasteiger partial charge in [0, 0.05) is 6.54 Å². The van der Waals surface area contributed by atoms with Gasteiger partial charge in [-0.05, 0) is 55.4 Å². The zero-order valence-corrected chi connectivity index (χ0v) is 13.4. The van der Waals surface area contributed by atoms with Crippen molar-refractivity contribution in [1.82, 2.24) is 15.1 Å². The molecule has 1 aliphatic heterocycles. The predicted molar refractivity (Wildman–Crippen MR) is 83.8 cm³/mol. The molecule has 2 atom stereocenters. The quantitative estimate of drug-likeness (QED) is 0.838. The molecule has 0 aliphatic carbocycles. The van der Waals surface area contributed by atoms with Crippen LogP contribution in [0.5, 0.6) is 0 Å². The van der Waals surface area contributed by atoms with E-state index < -0.39 is 0 Å². The van der Waals surface area contributed by atoms with Gasteiger partial charge in [-0.15, -0.1) is 0 Å². The predicted octanol–water partition coefficient (Wildman–Crippen LogP) is 2.30. The molecular formula is C15H25N3OS. The second kappa shape index (κ2) is 7.20. The molecule has 1 saturated heterocycles. The molecule has 0 radical (unpaired) electrons. The first-order valence-electron chi connectivity index (χ1n) is 7.48. The van der Waals surface area contributed by atoms with E-state index in [2.05, 4.69) is 40.9 Å². The minimum atomic E-state index is -0.0756. The molecule has 0 aromatic carbocycles. The van der Waals surface area contributed by atoms with Crippen LogP contribution in [0.2, 0.25) is 0 Å². The Balaban J connectivity index is 1.94. The zero-order valence-electron chi connectivity index (χ0n) is 12.6. The molecule has 0 spiro atoms. The summed E-state index contributed by atoms with van der Waals surface area (Å²) in [5, 5.41) is 7.59. The molecule has 20 heavy (non-hydrogen) atoms. The number of carbonyl (C=O) groups is 1. The van der Waals surface area contributed by atoms with Crippen LogP contribution in [-0.2, 0) is 4.79 Å². The minimum absolute atomic E-state index is 0.0560. The van der Waals surface area contributed by atoms with Crippen LogP contribution in [0.1, 0.15) is 38.9 Å². The summed E-state index contributed by atoms with van der Waals surface area (Å²) in [4.78, 5) is 16.7. The van der Waals surface area contributed by atoms with Gasteiger partial charge >= 0.3 is 0 Å². The molecule has 1 amide bonds. The molecule has 1 aliphatic rings. The van der Waals surface area contributed by atoms with Gasteiger partial charge < -0.3 is 9.80 Å². The molecule has 112 valence electrons. The number of hydrogen-bond acceptors (Lipinski definition) is 4. The molecule has 5 heteroatoms. The van der Waals surface area contributed by atoms with Crippen LogP contribution >= 0.6 is 11.3 Å². The lowest BCUT2D eigenvalue weighted by atomic mass is 10.2. The van der Waals surface area contributed by atoms with Gasteiger partial charge in [0.25, 0.3) is 0 Å². The van der Waals surface area contributed by atoms with Crippen molar-refractivity contribution < 1.29 is 4.79 Å². The summed E-state index contributed by atoms with van der Waals surface area (Å²) in [6.07, 6.45) is 1.09. The van der Waals surface area contributed by atoms with Crippen molar-refractivity contribution in [1.29, 1.82) is 0 Å². The second-order valence-electron chi connectivity index (χ2n) is 5.26. The SMILES string of the molecule is CCN(CC)CCCN1C(=O)C(C)NC1c1ccsc1. The monoisotopic (exact) mass is 295 g/mol. The van der Waals surface area contributed by atoms with Crippen LogP contribution in [0.3, 0.4) is 0 Å². The molecule has 1 aromatic heterocycles. The summed E-state index contributed by atoms with van der Waals surface area (Å²) >= 11 is 1.68. The Morgan fingerprint density at radius 1 is 1.40 bits per heavy atom. The van der Waals surface area contributed by atoms with Gasteiger partial charge in [-0.3, -0.25) is 10.1 Å². The first-order valence-corrected chi connectivity index (χ1v) is 8.42. The smallest absolute Gasteiger partial charge is 0.241 e. The third-order valence-electron chi connectivity index (χ3n) is 4.00. The highest BCUT2D eigenvalue weighted by Crippen LogP contribution is 2.26. The Kier molecular flexibility index (Phi) is 5.57. The number of carbonyl (C=O) groups excluding carboxylic acids is 1. The summed E-state index contributed by atoms with van der Waals surface area (Å²) in [7, 11) is 0. The van der Waals surface area contributed by atoms with E-state index in [-0.39, 0.29) is 18.1 Å². The first-order chi connectivity index (χ1) is 9.67. The van der Waals surface area contributed by atoms with E-state index in [4.69, 9.17) is 0 Å². The highest BCUT2D eigenvalue weighted by Gasteiger charge is 2.36. The summed E-state index contributed by atoms with van der Waals surface area (Å²) in [6, 6.07) is 2.03. The molecule has 2 rings (SSSR count). The highest BCUT2D eigenvalue weighted by molar-refractivity contribution is 7.07. The molecule has 4 nitrogen and oxygen atoms in total. The average molecular weight is 295 g/mol. The Morgan fingerprint density at radius 3 is 2.75 bits per heavy atom. The number of nitrogens with zero attached hydrogens (tertiary/aromatic N) is 2. The summed E-state index contributed by atoms with van der Waals surface area (Å²) in [5.74, 6) is 0.223. The van der Waals surface area contributed by atoms with Crippen LogP contribution in [0.15, 0.2) is 16.8 Å². The maximum absolute atomic E-state index is 12.3. The third-order valence-corrected chi connectivity index (χ3v) is 4.70.